The molecule has 0 saturated carbocycles. The molecule has 0 radical (unpaired) electrons. The number of urea groups is 1. The lowest BCUT2D eigenvalue weighted by Crippen LogP contribution is -2.42. The Kier molecular flexibility index (Phi) is 5.92. The van der Waals surface area contributed by atoms with E-state index in [1.807, 2.05) is 13.8 Å². The van der Waals surface area contributed by atoms with Gasteiger partial charge in [-0.1, -0.05) is 23.2 Å². The normalized spacial score (nSPS) is 10.2. The molecule has 0 unspecified atom stereocenters. The summed E-state index contributed by atoms with van der Waals surface area (Å²) in [5.41, 5.74) is 0.519. The van der Waals surface area contributed by atoms with Crippen LogP contribution in [-0.4, -0.2) is 24.5 Å². The monoisotopic (exact) mass is 303 g/mol. The van der Waals surface area contributed by atoms with Gasteiger partial charge in [0.25, 0.3) is 0 Å². The van der Waals surface area contributed by atoms with Crippen molar-refractivity contribution in [1.82, 2.24) is 10.6 Å². The lowest BCUT2D eigenvalue weighted by molar-refractivity contribution is -0.115. The van der Waals surface area contributed by atoms with Crippen molar-refractivity contribution in [3.8, 4) is 0 Å². The number of carbonyl (C=O) groups excluding carboxylic acids is 2. The fourth-order valence-corrected chi connectivity index (χ4v) is 1.55. The maximum Gasteiger partial charge on any atom is 0.315 e. The lowest BCUT2D eigenvalue weighted by atomic mass is 10.3. The van der Waals surface area contributed by atoms with Gasteiger partial charge in [-0.3, -0.25) is 4.79 Å². The maximum absolute atomic E-state index is 11.6. The number of nitrogens with one attached hydrogen (secondary N) is 3. The minimum atomic E-state index is -0.390. The fourth-order valence-electron chi connectivity index (χ4n) is 1.25. The van der Waals surface area contributed by atoms with Crippen LogP contribution in [0.15, 0.2) is 18.2 Å². The average molecular weight is 304 g/mol. The molecule has 19 heavy (non-hydrogen) atoms. The molecule has 0 atom stereocenters. The Morgan fingerprint density at radius 1 is 1.21 bits per heavy atom. The van der Waals surface area contributed by atoms with E-state index in [0.29, 0.717) is 15.7 Å². The van der Waals surface area contributed by atoms with Gasteiger partial charge in [0.15, 0.2) is 0 Å². The first-order valence-electron chi connectivity index (χ1n) is 5.67. The Bertz CT molecular complexity index is 478. The molecule has 0 aliphatic heterocycles. The molecule has 0 aromatic heterocycles. The van der Waals surface area contributed by atoms with Gasteiger partial charge in [0.1, 0.15) is 0 Å². The van der Waals surface area contributed by atoms with Gasteiger partial charge in [-0.25, -0.2) is 4.79 Å². The molecule has 7 heteroatoms. The topological polar surface area (TPSA) is 70.2 Å². The molecule has 1 rings (SSSR count). The molecular formula is C12H15Cl2N3O2. The average Bonchev–Trinajstić information content (AvgIpc) is 2.30. The third kappa shape index (κ3) is 5.81. The molecule has 1 aromatic carbocycles. The summed E-state index contributed by atoms with van der Waals surface area (Å²) in [6.07, 6.45) is 0. The van der Waals surface area contributed by atoms with Gasteiger partial charge in [-0.15, -0.1) is 0 Å². The van der Waals surface area contributed by atoms with E-state index in [2.05, 4.69) is 16.0 Å². The van der Waals surface area contributed by atoms with Crippen molar-refractivity contribution >= 4 is 40.8 Å². The molecule has 0 aliphatic carbocycles. The SMILES string of the molecule is CC(C)NC(=O)NCC(=O)Nc1ccc(Cl)c(Cl)c1. The van der Waals surface area contributed by atoms with Crippen LogP contribution in [0.25, 0.3) is 0 Å². The summed E-state index contributed by atoms with van der Waals surface area (Å²) >= 11 is 11.6. The van der Waals surface area contributed by atoms with E-state index in [1.165, 1.54) is 6.07 Å². The fraction of sp³-hybridized carbons (Fsp3) is 0.333. The molecule has 104 valence electrons. The van der Waals surface area contributed by atoms with E-state index in [1.54, 1.807) is 12.1 Å². The number of anilines is 1. The summed E-state index contributed by atoms with van der Waals surface area (Å²) < 4.78 is 0. The third-order valence-corrected chi connectivity index (χ3v) is 2.77. The summed E-state index contributed by atoms with van der Waals surface area (Å²) in [6.45, 7) is 3.53. The van der Waals surface area contributed by atoms with Crippen LogP contribution in [0, 0.1) is 0 Å². The minimum absolute atomic E-state index is 0.0122. The second kappa shape index (κ2) is 7.21. The smallest absolute Gasteiger partial charge is 0.315 e. The van der Waals surface area contributed by atoms with Crippen molar-refractivity contribution in [2.45, 2.75) is 19.9 Å². The van der Waals surface area contributed by atoms with E-state index < -0.39 is 0 Å². The van der Waals surface area contributed by atoms with Crippen LogP contribution in [0.4, 0.5) is 10.5 Å². The van der Waals surface area contributed by atoms with Crippen molar-refractivity contribution in [3.05, 3.63) is 28.2 Å². The summed E-state index contributed by atoms with van der Waals surface area (Å²) in [4.78, 5) is 22.8. The van der Waals surface area contributed by atoms with Crippen molar-refractivity contribution in [2.24, 2.45) is 0 Å². The standard InChI is InChI=1S/C12H15Cl2N3O2/c1-7(2)16-12(19)15-6-11(18)17-8-3-4-9(13)10(14)5-8/h3-5,7H,6H2,1-2H3,(H,17,18)(H2,15,16,19). The first kappa shape index (κ1) is 15.6. The second-order valence-electron chi connectivity index (χ2n) is 4.16. The molecule has 3 N–H and O–H groups in total. The van der Waals surface area contributed by atoms with Gasteiger partial charge in [-0.2, -0.15) is 0 Å². The zero-order valence-electron chi connectivity index (χ0n) is 10.6. The molecule has 0 spiro atoms. The number of rotatable bonds is 4. The summed E-state index contributed by atoms with van der Waals surface area (Å²) in [5, 5.41) is 8.41. The van der Waals surface area contributed by atoms with E-state index in [4.69, 9.17) is 23.2 Å². The van der Waals surface area contributed by atoms with E-state index in [0.717, 1.165) is 0 Å². The predicted octanol–water partition coefficient (Wildman–Crippen LogP) is 2.64. The van der Waals surface area contributed by atoms with Crippen LogP contribution in [0.2, 0.25) is 10.0 Å². The van der Waals surface area contributed by atoms with Crippen LogP contribution >= 0.6 is 23.2 Å². The number of benzene rings is 1. The number of hydrogen-bond donors (Lipinski definition) is 3. The van der Waals surface area contributed by atoms with Crippen molar-refractivity contribution in [3.63, 3.8) is 0 Å². The largest absolute Gasteiger partial charge is 0.336 e. The van der Waals surface area contributed by atoms with Crippen molar-refractivity contribution < 1.29 is 9.59 Å². The molecule has 0 saturated heterocycles. The first-order valence-corrected chi connectivity index (χ1v) is 6.43. The Balaban J connectivity index is 2.43. The molecule has 0 bridgehead atoms. The summed E-state index contributed by atoms with van der Waals surface area (Å²) in [6, 6.07) is 4.37. The van der Waals surface area contributed by atoms with Crippen LogP contribution in [0.1, 0.15) is 13.8 Å². The molecule has 0 fully saturated rings. The van der Waals surface area contributed by atoms with Gasteiger partial charge in [0.05, 0.1) is 16.6 Å². The predicted molar refractivity (Wildman–Crippen MR) is 76.8 cm³/mol. The highest BCUT2D eigenvalue weighted by Gasteiger charge is 2.07. The maximum atomic E-state index is 11.6. The summed E-state index contributed by atoms with van der Waals surface area (Å²) in [7, 11) is 0. The number of halogens is 2. The Morgan fingerprint density at radius 3 is 2.47 bits per heavy atom. The molecule has 1 aromatic rings. The lowest BCUT2D eigenvalue weighted by Gasteiger charge is -2.10. The molecule has 3 amide bonds. The zero-order chi connectivity index (χ0) is 14.4. The molecule has 5 nitrogen and oxygen atoms in total. The summed E-state index contributed by atoms with van der Waals surface area (Å²) in [5.74, 6) is -0.350. The highest BCUT2D eigenvalue weighted by atomic mass is 35.5. The number of hydrogen-bond acceptors (Lipinski definition) is 2. The third-order valence-electron chi connectivity index (χ3n) is 2.03. The van der Waals surface area contributed by atoms with Gasteiger partial charge >= 0.3 is 6.03 Å². The number of amides is 3. The number of carbonyl (C=O) groups is 2. The first-order chi connectivity index (χ1) is 8.88. The Labute approximate surface area is 121 Å². The Morgan fingerprint density at radius 2 is 1.89 bits per heavy atom. The van der Waals surface area contributed by atoms with Crippen LogP contribution < -0.4 is 16.0 Å². The second-order valence-corrected chi connectivity index (χ2v) is 4.97. The zero-order valence-corrected chi connectivity index (χ0v) is 12.1. The van der Waals surface area contributed by atoms with E-state index >= 15 is 0 Å². The Hall–Kier alpha value is -1.46. The van der Waals surface area contributed by atoms with E-state index in [-0.39, 0.29) is 24.5 Å². The molecule has 0 aliphatic rings. The van der Waals surface area contributed by atoms with Gasteiger partial charge in [0.2, 0.25) is 5.91 Å². The van der Waals surface area contributed by atoms with E-state index in [9.17, 15) is 9.59 Å². The molecular weight excluding hydrogens is 289 g/mol. The van der Waals surface area contributed by atoms with Crippen molar-refractivity contribution in [1.29, 1.82) is 0 Å². The van der Waals surface area contributed by atoms with Crippen LogP contribution in [0.3, 0.4) is 0 Å². The van der Waals surface area contributed by atoms with Crippen LogP contribution in [0.5, 0.6) is 0 Å². The highest BCUT2D eigenvalue weighted by molar-refractivity contribution is 6.42. The van der Waals surface area contributed by atoms with Gasteiger partial charge < -0.3 is 16.0 Å². The quantitative estimate of drug-likeness (QED) is 0.800. The highest BCUT2D eigenvalue weighted by Crippen LogP contribution is 2.24. The molecule has 0 heterocycles. The van der Waals surface area contributed by atoms with Gasteiger partial charge in [-0.05, 0) is 32.0 Å². The van der Waals surface area contributed by atoms with Crippen LogP contribution in [-0.2, 0) is 4.79 Å². The van der Waals surface area contributed by atoms with Gasteiger partial charge in [0, 0.05) is 11.7 Å². The minimum Gasteiger partial charge on any atom is -0.336 e. The van der Waals surface area contributed by atoms with Crippen molar-refractivity contribution in [2.75, 3.05) is 11.9 Å².